The third-order valence-corrected chi connectivity index (χ3v) is 4.65. The van der Waals surface area contributed by atoms with E-state index in [0.717, 1.165) is 25.7 Å². The fourth-order valence-electron chi connectivity index (χ4n) is 3.44. The zero-order valence-electron chi connectivity index (χ0n) is 9.51. The van der Waals surface area contributed by atoms with Crippen LogP contribution in [0.15, 0.2) is 0 Å². The van der Waals surface area contributed by atoms with Crippen LogP contribution in [-0.2, 0) is 0 Å². The molecule has 0 aromatic rings. The number of hydrogen-bond donors (Lipinski definition) is 2. The Bertz CT molecular complexity index is 245. The van der Waals surface area contributed by atoms with Gasteiger partial charge >= 0.3 is 0 Å². The molecule has 2 N–H and O–H groups in total. The maximum absolute atomic E-state index is 10.6. The summed E-state index contributed by atoms with van der Waals surface area (Å²) in [7, 11) is 0. The average molecular weight is 198 g/mol. The van der Waals surface area contributed by atoms with E-state index >= 15 is 0 Å². The van der Waals surface area contributed by atoms with Crippen LogP contribution >= 0.6 is 0 Å². The van der Waals surface area contributed by atoms with Crippen LogP contribution in [0, 0.1) is 16.7 Å². The number of hydrogen-bond acceptors (Lipinski definition) is 2. The monoisotopic (exact) mass is 198 g/mol. The van der Waals surface area contributed by atoms with Crippen molar-refractivity contribution in [2.45, 2.75) is 52.1 Å². The Morgan fingerprint density at radius 1 is 1.29 bits per heavy atom. The molecule has 0 radical (unpaired) electrons. The fourth-order valence-corrected chi connectivity index (χ4v) is 3.44. The Balaban J connectivity index is 2.19. The number of aliphatic hydroxyl groups excluding tert-OH is 1. The summed E-state index contributed by atoms with van der Waals surface area (Å²) in [5.41, 5.74) is -0.509. The topological polar surface area (TPSA) is 40.5 Å². The Morgan fingerprint density at radius 2 is 1.86 bits per heavy atom. The summed E-state index contributed by atoms with van der Waals surface area (Å²) in [6.45, 7) is 6.71. The molecule has 0 saturated heterocycles. The molecule has 82 valence electrons. The van der Waals surface area contributed by atoms with Crippen molar-refractivity contribution in [2.75, 3.05) is 6.61 Å². The average Bonchev–Trinajstić information content (AvgIpc) is 2.66. The molecule has 3 unspecified atom stereocenters. The first-order chi connectivity index (χ1) is 6.35. The Kier molecular flexibility index (Phi) is 2.04. The Hall–Kier alpha value is -0.0800. The summed E-state index contributed by atoms with van der Waals surface area (Å²) < 4.78 is 0. The molecule has 14 heavy (non-hydrogen) atoms. The van der Waals surface area contributed by atoms with Crippen molar-refractivity contribution < 1.29 is 10.2 Å². The summed E-state index contributed by atoms with van der Waals surface area (Å²) in [4.78, 5) is 0. The molecule has 0 bridgehead atoms. The molecule has 0 aliphatic heterocycles. The normalized spacial score (nSPS) is 50.8. The third-order valence-electron chi connectivity index (χ3n) is 4.65. The lowest BCUT2D eigenvalue weighted by Gasteiger charge is -2.34. The molecule has 2 rings (SSSR count). The van der Waals surface area contributed by atoms with Crippen molar-refractivity contribution in [3.8, 4) is 0 Å². The molecule has 3 atom stereocenters. The molecule has 2 aliphatic carbocycles. The second kappa shape index (κ2) is 2.73. The van der Waals surface area contributed by atoms with Gasteiger partial charge in [-0.05, 0) is 37.0 Å². The highest BCUT2D eigenvalue weighted by Gasteiger charge is 2.66. The molecule has 0 spiro atoms. The summed E-state index contributed by atoms with van der Waals surface area (Å²) in [5.74, 6) is 0.492. The van der Waals surface area contributed by atoms with E-state index < -0.39 is 5.60 Å². The first-order valence-corrected chi connectivity index (χ1v) is 5.69. The van der Waals surface area contributed by atoms with Crippen LogP contribution in [0.5, 0.6) is 0 Å². The van der Waals surface area contributed by atoms with Crippen LogP contribution in [0.25, 0.3) is 0 Å². The lowest BCUT2D eigenvalue weighted by Crippen LogP contribution is -2.41. The van der Waals surface area contributed by atoms with Crippen LogP contribution < -0.4 is 0 Å². The molecular formula is C12H22O2. The van der Waals surface area contributed by atoms with Crippen molar-refractivity contribution in [1.82, 2.24) is 0 Å². The molecule has 0 aromatic heterocycles. The molecule has 2 fully saturated rings. The fraction of sp³-hybridized carbons (Fsp3) is 1.00. The lowest BCUT2D eigenvalue weighted by molar-refractivity contribution is -0.0628. The molecule has 2 heteroatoms. The van der Waals surface area contributed by atoms with Crippen LogP contribution in [0.2, 0.25) is 0 Å². The molecule has 0 amide bonds. The van der Waals surface area contributed by atoms with Gasteiger partial charge in [-0.2, -0.15) is 0 Å². The first-order valence-electron chi connectivity index (χ1n) is 5.69. The standard InChI is InChI=1S/C12H22O2/c1-9-6-11(9,8-13)12(14)5-4-10(2,3)7-12/h9,13-14H,4-8H2,1-3H3. The van der Waals surface area contributed by atoms with Crippen LogP contribution in [0.3, 0.4) is 0 Å². The Morgan fingerprint density at radius 3 is 2.14 bits per heavy atom. The van der Waals surface area contributed by atoms with Gasteiger partial charge in [-0.1, -0.05) is 20.8 Å². The van der Waals surface area contributed by atoms with Crippen molar-refractivity contribution in [3.63, 3.8) is 0 Å². The molecule has 2 aliphatic rings. The second-order valence-electron chi connectivity index (χ2n) is 6.29. The predicted molar refractivity (Wildman–Crippen MR) is 55.9 cm³/mol. The van der Waals surface area contributed by atoms with E-state index in [-0.39, 0.29) is 17.4 Å². The SMILES string of the molecule is CC1CC1(CO)C1(O)CCC(C)(C)C1. The van der Waals surface area contributed by atoms with Gasteiger partial charge < -0.3 is 10.2 Å². The van der Waals surface area contributed by atoms with Crippen molar-refractivity contribution in [3.05, 3.63) is 0 Å². The maximum atomic E-state index is 10.6. The van der Waals surface area contributed by atoms with E-state index in [1.807, 2.05) is 0 Å². The van der Waals surface area contributed by atoms with Gasteiger partial charge in [0.25, 0.3) is 0 Å². The minimum atomic E-state index is -0.593. The highest BCUT2D eigenvalue weighted by molar-refractivity contribution is 5.15. The van der Waals surface area contributed by atoms with E-state index in [2.05, 4.69) is 20.8 Å². The van der Waals surface area contributed by atoms with E-state index in [1.54, 1.807) is 0 Å². The van der Waals surface area contributed by atoms with Crippen molar-refractivity contribution >= 4 is 0 Å². The van der Waals surface area contributed by atoms with Crippen molar-refractivity contribution in [1.29, 1.82) is 0 Å². The van der Waals surface area contributed by atoms with E-state index in [9.17, 15) is 10.2 Å². The Labute approximate surface area is 86.3 Å². The van der Waals surface area contributed by atoms with Gasteiger partial charge in [0.15, 0.2) is 0 Å². The molecular weight excluding hydrogens is 176 g/mol. The molecule has 2 saturated carbocycles. The lowest BCUT2D eigenvalue weighted by atomic mass is 9.78. The largest absolute Gasteiger partial charge is 0.396 e. The minimum absolute atomic E-state index is 0.154. The zero-order valence-corrected chi connectivity index (χ0v) is 9.51. The third kappa shape index (κ3) is 1.24. The van der Waals surface area contributed by atoms with Crippen LogP contribution in [0.1, 0.15) is 46.5 Å². The quantitative estimate of drug-likeness (QED) is 0.712. The van der Waals surface area contributed by atoms with Crippen molar-refractivity contribution in [2.24, 2.45) is 16.7 Å². The predicted octanol–water partition coefficient (Wildman–Crippen LogP) is 1.95. The van der Waals surface area contributed by atoms with Gasteiger partial charge in [0.1, 0.15) is 0 Å². The molecule has 0 aromatic carbocycles. The number of aliphatic hydroxyl groups is 2. The van der Waals surface area contributed by atoms with Crippen LogP contribution in [-0.4, -0.2) is 22.4 Å². The van der Waals surface area contributed by atoms with E-state index in [4.69, 9.17) is 0 Å². The van der Waals surface area contributed by atoms with E-state index in [1.165, 1.54) is 0 Å². The zero-order chi connectivity index (χ0) is 10.6. The summed E-state index contributed by atoms with van der Waals surface area (Å²) in [6, 6.07) is 0. The van der Waals surface area contributed by atoms with E-state index in [0.29, 0.717) is 5.92 Å². The van der Waals surface area contributed by atoms with Gasteiger partial charge in [0.2, 0.25) is 0 Å². The molecule has 2 nitrogen and oxygen atoms in total. The smallest absolute Gasteiger partial charge is 0.0733 e. The minimum Gasteiger partial charge on any atom is -0.396 e. The summed E-state index contributed by atoms with van der Waals surface area (Å²) in [5, 5.41) is 20.1. The second-order valence-corrected chi connectivity index (χ2v) is 6.29. The maximum Gasteiger partial charge on any atom is 0.0733 e. The van der Waals surface area contributed by atoms with Gasteiger partial charge in [-0.25, -0.2) is 0 Å². The highest BCUT2D eigenvalue weighted by Crippen LogP contribution is 2.65. The summed E-state index contributed by atoms with van der Waals surface area (Å²) >= 11 is 0. The first kappa shape index (κ1) is 10.4. The molecule has 0 heterocycles. The van der Waals surface area contributed by atoms with Gasteiger partial charge in [0, 0.05) is 5.41 Å². The highest BCUT2D eigenvalue weighted by atomic mass is 16.3. The number of rotatable bonds is 2. The van der Waals surface area contributed by atoms with Gasteiger partial charge in [-0.3, -0.25) is 0 Å². The summed E-state index contributed by atoms with van der Waals surface area (Å²) in [6.07, 6.45) is 3.80. The van der Waals surface area contributed by atoms with Gasteiger partial charge in [0.05, 0.1) is 12.2 Å². The van der Waals surface area contributed by atoms with Crippen LogP contribution in [0.4, 0.5) is 0 Å². The van der Waals surface area contributed by atoms with Gasteiger partial charge in [-0.15, -0.1) is 0 Å².